The second-order valence-corrected chi connectivity index (χ2v) is 9.41. The lowest BCUT2D eigenvalue weighted by atomic mass is 9.78. The van der Waals surface area contributed by atoms with Crippen LogP contribution in [0.4, 0.5) is 0 Å². The fourth-order valence-electron chi connectivity index (χ4n) is 5.19. The molecular weight excluding hydrogens is 414 g/mol. The van der Waals surface area contributed by atoms with Crippen molar-refractivity contribution < 1.29 is 4.79 Å². The van der Waals surface area contributed by atoms with Crippen LogP contribution in [0.1, 0.15) is 61.5 Å². The van der Waals surface area contributed by atoms with E-state index < -0.39 is 0 Å². The van der Waals surface area contributed by atoms with Crippen molar-refractivity contribution >= 4 is 21.8 Å². The van der Waals surface area contributed by atoms with Gasteiger partial charge in [-0.25, -0.2) is 0 Å². The van der Waals surface area contributed by atoms with Gasteiger partial charge in [0.25, 0.3) is 5.91 Å². The number of carbonyl (C=O) groups is 1. The monoisotopic (exact) mass is 441 g/mol. The minimum Gasteiger partial charge on any atom is -0.343 e. The number of pyridine rings is 1. The first-order chi connectivity index (χ1) is 13.5. The summed E-state index contributed by atoms with van der Waals surface area (Å²) in [5, 5.41) is 3.42. The summed E-state index contributed by atoms with van der Waals surface area (Å²) in [5.74, 6) is 0.567. The van der Waals surface area contributed by atoms with Crippen molar-refractivity contribution in [2.45, 2.75) is 57.2 Å². The number of nitrogens with one attached hydrogen (secondary N) is 1. The predicted octanol–water partition coefficient (Wildman–Crippen LogP) is 4.97. The molecule has 1 aromatic carbocycles. The molecule has 5 heteroatoms. The van der Waals surface area contributed by atoms with Gasteiger partial charge in [-0.15, -0.1) is 0 Å². The van der Waals surface area contributed by atoms with Crippen molar-refractivity contribution in [1.29, 1.82) is 0 Å². The molecule has 148 valence electrons. The molecule has 28 heavy (non-hydrogen) atoms. The summed E-state index contributed by atoms with van der Waals surface area (Å²) < 4.78 is 0.728. The van der Waals surface area contributed by atoms with Crippen LogP contribution in [0, 0.1) is 5.92 Å². The van der Waals surface area contributed by atoms with Gasteiger partial charge < -0.3 is 5.32 Å². The third-order valence-electron chi connectivity index (χ3n) is 6.36. The molecule has 2 fully saturated rings. The zero-order valence-corrected chi connectivity index (χ0v) is 18.2. The van der Waals surface area contributed by atoms with E-state index in [4.69, 9.17) is 0 Å². The van der Waals surface area contributed by atoms with E-state index in [1.165, 1.54) is 18.4 Å². The molecule has 0 spiro atoms. The molecule has 2 saturated heterocycles. The summed E-state index contributed by atoms with van der Waals surface area (Å²) in [6.07, 6.45) is 8.08. The Morgan fingerprint density at radius 1 is 1.25 bits per heavy atom. The first-order valence-electron chi connectivity index (χ1n) is 10.2. The average Bonchev–Trinajstić information content (AvgIpc) is 3.21. The lowest BCUT2D eigenvalue weighted by Crippen LogP contribution is -2.53. The lowest BCUT2D eigenvalue weighted by molar-refractivity contribution is 0.0742. The lowest BCUT2D eigenvalue weighted by Gasteiger charge is -2.43. The number of fused-ring (bicyclic) bond motifs is 2. The van der Waals surface area contributed by atoms with Crippen molar-refractivity contribution in [1.82, 2.24) is 15.2 Å². The summed E-state index contributed by atoms with van der Waals surface area (Å²) in [5.41, 5.74) is 1.83. The van der Waals surface area contributed by atoms with E-state index in [2.05, 4.69) is 69.2 Å². The fourth-order valence-corrected chi connectivity index (χ4v) is 5.62. The van der Waals surface area contributed by atoms with E-state index in [0.717, 1.165) is 23.9 Å². The number of carbonyl (C=O) groups excluding carboxylic acids is 1. The molecule has 0 aliphatic carbocycles. The first kappa shape index (κ1) is 19.6. The normalized spacial score (nSPS) is 25.2. The quantitative estimate of drug-likeness (QED) is 0.687. The van der Waals surface area contributed by atoms with E-state index in [-0.39, 0.29) is 17.5 Å². The maximum Gasteiger partial charge on any atom is 0.253 e. The highest BCUT2D eigenvalue weighted by molar-refractivity contribution is 9.10. The molecule has 1 aromatic heterocycles. The zero-order valence-electron chi connectivity index (χ0n) is 16.6. The number of hydrogen-bond donors (Lipinski definition) is 1. The molecule has 4 nitrogen and oxygen atoms in total. The number of halogens is 1. The first-order valence-corrected chi connectivity index (χ1v) is 11.0. The highest BCUT2D eigenvalue weighted by Gasteiger charge is 2.56. The smallest absolute Gasteiger partial charge is 0.253 e. The molecule has 1 amide bonds. The highest BCUT2D eigenvalue weighted by Crippen LogP contribution is 2.53. The summed E-state index contributed by atoms with van der Waals surface area (Å²) in [7, 11) is 0. The number of rotatable bonds is 6. The summed E-state index contributed by atoms with van der Waals surface area (Å²) in [6.45, 7) is 5.66. The van der Waals surface area contributed by atoms with E-state index in [9.17, 15) is 4.79 Å². The summed E-state index contributed by atoms with van der Waals surface area (Å²) in [4.78, 5) is 20.0. The maximum absolute atomic E-state index is 13.2. The second kappa shape index (κ2) is 7.96. The Hall–Kier alpha value is -1.72. The maximum atomic E-state index is 13.2. The Balaban J connectivity index is 1.71. The molecule has 0 radical (unpaired) electrons. The van der Waals surface area contributed by atoms with Crippen molar-refractivity contribution in [3.8, 4) is 0 Å². The molecule has 1 atom stereocenters. The van der Waals surface area contributed by atoms with Crippen molar-refractivity contribution in [2.75, 3.05) is 6.54 Å². The van der Waals surface area contributed by atoms with Crippen LogP contribution in [-0.2, 0) is 0 Å². The third kappa shape index (κ3) is 3.50. The van der Waals surface area contributed by atoms with E-state index in [1.54, 1.807) is 18.5 Å². The zero-order chi connectivity index (χ0) is 19.7. The van der Waals surface area contributed by atoms with Gasteiger partial charge in [-0.2, -0.15) is 0 Å². The topological polar surface area (TPSA) is 45.2 Å². The van der Waals surface area contributed by atoms with E-state index in [0.29, 0.717) is 17.5 Å². The number of hydrogen-bond acceptors (Lipinski definition) is 3. The molecule has 2 aliphatic rings. The van der Waals surface area contributed by atoms with Gasteiger partial charge in [-0.1, -0.05) is 44.2 Å². The third-order valence-corrected chi connectivity index (χ3v) is 6.99. The molecule has 3 heterocycles. The van der Waals surface area contributed by atoms with Crippen LogP contribution < -0.4 is 5.32 Å². The molecule has 4 rings (SSSR count). The van der Waals surface area contributed by atoms with Gasteiger partial charge in [0.15, 0.2) is 0 Å². The van der Waals surface area contributed by atoms with Crippen molar-refractivity contribution in [3.05, 3.63) is 64.4 Å². The summed E-state index contributed by atoms with van der Waals surface area (Å²) >= 11 is 3.48. The Morgan fingerprint density at radius 3 is 2.61 bits per heavy atom. The second-order valence-electron chi connectivity index (χ2n) is 8.55. The van der Waals surface area contributed by atoms with E-state index in [1.807, 2.05) is 6.07 Å². The molecule has 2 aliphatic heterocycles. The van der Waals surface area contributed by atoms with E-state index >= 15 is 0 Å². The Bertz CT molecular complexity index is 831. The van der Waals surface area contributed by atoms with Gasteiger partial charge in [0.2, 0.25) is 0 Å². The number of benzene rings is 1. The van der Waals surface area contributed by atoms with Gasteiger partial charge in [0, 0.05) is 35.0 Å². The minimum atomic E-state index is -0.0441. The molecule has 0 saturated carbocycles. The minimum absolute atomic E-state index is 0.00541. The van der Waals surface area contributed by atoms with Crippen LogP contribution in [0.25, 0.3) is 0 Å². The fraction of sp³-hybridized carbons (Fsp3) is 0.478. The van der Waals surface area contributed by atoms with Crippen LogP contribution >= 0.6 is 15.9 Å². The van der Waals surface area contributed by atoms with Gasteiger partial charge in [-0.05, 0) is 59.2 Å². The standard InChI is InChI=1S/C23H28BrN3O/c1-16(2)15-27-18-8-11-23(27,12-9-18)21(17-6-4-3-5-7-17)26-22(28)19-10-13-25-14-20(19)24/h3-7,10,13-14,16,18,21H,8-9,11-12,15H2,1-2H3,(H,26,28). The highest BCUT2D eigenvalue weighted by atomic mass is 79.9. The van der Waals surface area contributed by atoms with Gasteiger partial charge in [-0.3, -0.25) is 14.7 Å². The Morgan fingerprint density at radius 2 is 1.96 bits per heavy atom. The molecule has 1 N–H and O–H groups in total. The molecular formula is C23H28BrN3O. The average molecular weight is 442 g/mol. The van der Waals surface area contributed by atoms with Gasteiger partial charge >= 0.3 is 0 Å². The predicted molar refractivity (Wildman–Crippen MR) is 115 cm³/mol. The van der Waals surface area contributed by atoms with Crippen LogP contribution in [0.2, 0.25) is 0 Å². The molecule has 2 bridgehead atoms. The Kier molecular flexibility index (Phi) is 5.57. The van der Waals surface area contributed by atoms with Crippen LogP contribution in [0.15, 0.2) is 53.3 Å². The number of aromatic nitrogens is 1. The molecule has 1 unspecified atom stereocenters. The van der Waals surface area contributed by atoms with Crippen LogP contribution in [0.3, 0.4) is 0 Å². The van der Waals surface area contributed by atoms with Crippen LogP contribution in [-0.4, -0.2) is 33.9 Å². The largest absolute Gasteiger partial charge is 0.343 e. The van der Waals surface area contributed by atoms with Gasteiger partial charge in [0.05, 0.1) is 11.6 Å². The van der Waals surface area contributed by atoms with Gasteiger partial charge in [0.1, 0.15) is 0 Å². The van der Waals surface area contributed by atoms with Crippen LogP contribution in [0.5, 0.6) is 0 Å². The number of amides is 1. The van der Waals surface area contributed by atoms with Crippen molar-refractivity contribution in [3.63, 3.8) is 0 Å². The number of nitrogens with zero attached hydrogens (tertiary/aromatic N) is 2. The summed E-state index contributed by atoms with van der Waals surface area (Å²) in [6, 6.07) is 12.9. The van der Waals surface area contributed by atoms with Crippen molar-refractivity contribution in [2.24, 2.45) is 5.92 Å². The molecule has 2 aromatic rings. The SMILES string of the molecule is CC(C)CN1C2CCC1(C(NC(=O)c1ccncc1Br)c1ccccc1)CC2. The Labute approximate surface area is 175 Å².